The van der Waals surface area contributed by atoms with Crippen LogP contribution in [0.3, 0.4) is 0 Å². The Bertz CT molecular complexity index is 1030. The van der Waals surface area contributed by atoms with Crippen molar-refractivity contribution >= 4 is 17.1 Å². The standard InChI is InChI=1S/C30H35N/c1-22-23(2)30(5,6)21-25-15-11-13-19-28(25)31(26-16-8-7-9-17-26)27-18-12-10-14-24(27)20-29(22,3)4/h7-19H,20-21H2,1-6H3/b23-22-. The Kier molecular flexibility index (Phi) is 5.56. The second-order valence-electron chi connectivity index (χ2n) is 10.3. The molecule has 0 radical (unpaired) electrons. The molecule has 31 heavy (non-hydrogen) atoms. The van der Waals surface area contributed by atoms with E-state index in [1.165, 1.54) is 39.3 Å². The maximum absolute atomic E-state index is 2.47. The number of hydrogen-bond acceptors (Lipinski definition) is 1. The quantitative estimate of drug-likeness (QED) is 0.363. The van der Waals surface area contributed by atoms with E-state index in [1.807, 2.05) is 0 Å². The first-order valence-electron chi connectivity index (χ1n) is 11.4. The van der Waals surface area contributed by atoms with E-state index in [1.54, 1.807) is 0 Å². The van der Waals surface area contributed by atoms with Gasteiger partial charge < -0.3 is 4.90 Å². The first-order valence-corrected chi connectivity index (χ1v) is 11.4. The average molecular weight is 410 g/mol. The summed E-state index contributed by atoms with van der Waals surface area (Å²) >= 11 is 0. The van der Waals surface area contributed by atoms with Gasteiger partial charge in [-0.1, -0.05) is 93.4 Å². The number of allylic oxidation sites excluding steroid dienone is 2. The second-order valence-corrected chi connectivity index (χ2v) is 10.3. The lowest BCUT2D eigenvalue weighted by atomic mass is 9.70. The molecule has 0 N–H and O–H groups in total. The number of rotatable bonds is 1. The minimum Gasteiger partial charge on any atom is -0.310 e. The maximum Gasteiger partial charge on any atom is 0.0494 e. The van der Waals surface area contributed by atoms with Gasteiger partial charge in [0.25, 0.3) is 0 Å². The zero-order chi connectivity index (χ0) is 22.2. The van der Waals surface area contributed by atoms with Crippen LogP contribution in [0, 0.1) is 10.8 Å². The van der Waals surface area contributed by atoms with E-state index in [-0.39, 0.29) is 10.8 Å². The van der Waals surface area contributed by atoms with Crippen LogP contribution >= 0.6 is 0 Å². The number of fused-ring (bicyclic) bond motifs is 2. The lowest BCUT2D eigenvalue weighted by molar-refractivity contribution is 0.392. The topological polar surface area (TPSA) is 3.24 Å². The van der Waals surface area contributed by atoms with Crippen molar-refractivity contribution in [2.45, 2.75) is 54.4 Å². The van der Waals surface area contributed by atoms with Gasteiger partial charge in [0.1, 0.15) is 0 Å². The summed E-state index contributed by atoms with van der Waals surface area (Å²) in [5.41, 5.74) is 9.72. The van der Waals surface area contributed by atoms with Crippen molar-refractivity contribution in [2.24, 2.45) is 10.8 Å². The van der Waals surface area contributed by atoms with E-state index >= 15 is 0 Å². The molecule has 0 saturated heterocycles. The van der Waals surface area contributed by atoms with Crippen LogP contribution < -0.4 is 4.90 Å². The largest absolute Gasteiger partial charge is 0.310 e. The molecule has 1 nitrogen and oxygen atoms in total. The fourth-order valence-electron chi connectivity index (χ4n) is 4.97. The summed E-state index contributed by atoms with van der Waals surface area (Å²) in [6.07, 6.45) is 2.02. The highest BCUT2D eigenvalue weighted by molar-refractivity contribution is 5.80. The highest BCUT2D eigenvalue weighted by atomic mass is 15.1. The van der Waals surface area contributed by atoms with Crippen molar-refractivity contribution < 1.29 is 0 Å². The van der Waals surface area contributed by atoms with Crippen molar-refractivity contribution in [1.29, 1.82) is 0 Å². The summed E-state index contributed by atoms with van der Waals surface area (Å²) in [6, 6.07) is 28.7. The summed E-state index contributed by atoms with van der Waals surface area (Å²) < 4.78 is 0. The number of nitrogens with zero attached hydrogens (tertiary/aromatic N) is 1. The molecule has 0 aliphatic carbocycles. The highest BCUT2D eigenvalue weighted by Gasteiger charge is 2.32. The summed E-state index contributed by atoms with van der Waals surface area (Å²) in [5, 5.41) is 0. The monoisotopic (exact) mass is 409 g/mol. The van der Waals surface area contributed by atoms with Crippen LogP contribution in [0.5, 0.6) is 0 Å². The Morgan fingerprint density at radius 1 is 0.548 bits per heavy atom. The molecule has 0 bridgehead atoms. The highest BCUT2D eigenvalue weighted by Crippen LogP contribution is 2.46. The zero-order valence-electron chi connectivity index (χ0n) is 19.9. The van der Waals surface area contributed by atoms with E-state index in [0.717, 1.165) is 12.8 Å². The number of para-hydroxylation sites is 3. The molecule has 0 spiro atoms. The minimum atomic E-state index is 0.0797. The number of anilines is 3. The molecule has 3 aromatic carbocycles. The molecule has 3 aromatic rings. The van der Waals surface area contributed by atoms with E-state index in [4.69, 9.17) is 0 Å². The molecule has 0 atom stereocenters. The molecule has 1 heteroatoms. The van der Waals surface area contributed by atoms with Crippen molar-refractivity contribution in [2.75, 3.05) is 4.90 Å². The molecule has 1 aliphatic rings. The van der Waals surface area contributed by atoms with Gasteiger partial charge in [-0.05, 0) is 72.9 Å². The first-order chi connectivity index (χ1) is 14.7. The van der Waals surface area contributed by atoms with Gasteiger partial charge in [0.15, 0.2) is 0 Å². The second kappa shape index (κ2) is 8.04. The molecular weight excluding hydrogens is 374 g/mol. The Balaban J connectivity index is 2.05. The van der Waals surface area contributed by atoms with Gasteiger partial charge >= 0.3 is 0 Å². The minimum absolute atomic E-state index is 0.0797. The van der Waals surface area contributed by atoms with Gasteiger partial charge in [0.2, 0.25) is 0 Å². The third-order valence-corrected chi connectivity index (χ3v) is 7.34. The van der Waals surface area contributed by atoms with Gasteiger partial charge in [-0.3, -0.25) is 0 Å². The van der Waals surface area contributed by atoms with Crippen LogP contribution in [0.2, 0.25) is 0 Å². The van der Waals surface area contributed by atoms with Crippen LogP contribution in [0.1, 0.15) is 52.7 Å². The van der Waals surface area contributed by atoms with E-state index in [2.05, 4.69) is 125 Å². The maximum atomic E-state index is 2.47. The molecule has 160 valence electrons. The molecule has 0 saturated carbocycles. The van der Waals surface area contributed by atoms with E-state index in [9.17, 15) is 0 Å². The molecule has 4 rings (SSSR count). The molecule has 1 aliphatic heterocycles. The SMILES string of the molecule is C/C1=C(\C)C(C)(C)Cc2ccccc2N(c2ccccc2)c2ccccc2CC1(C)C. The van der Waals surface area contributed by atoms with Crippen LogP contribution in [-0.2, 0) is 12.8 Å². The Morgan fingerprint density at radius 3 is 1.39 bits per heavy atom. The van der Waals surface area contributed by atoms with Crippen LogP contribution in [0.25, 0.3) is 0 Å². The van der Waals surface area contributed by atoms with Crippen LogP contribution in [0.15, 0.2) is 90.0 Å². The zero-order valence-corrected chi connectivity index (χ0v) is 19.9. The van der Waals surface area contributed by atoms with Gasteiger partial charge in [-0.15, -0.1) is 0 Å². The van der Waals surface area contributed by atoms with E-state index < -0.39 is 0 Å². The van der Waals surface area contributed by atoms with Crippen molar-refractivity contribution in [3.05, 3.63) is 101 Å². The Morgan fingerprint density at radius 2 is 0.935 bits per heavy atom. The van der Waals surface area contributed by atoms with Crippen LogP contribution in [-0.4, -0.2) is 0 Å². The normalized spacial score (nSPS) is 20.4. The summed E-state index contributed by atoms with van der Waals surface area (Å²) in [6.45, 7) is 14.3. The first kappa shape index (κ1) is 21.4. The Labute approximate surface area is 188 Å². The summed E-state index contributed by atoms with van der Waals surface area (Å²) in [7, 11) is 0. The van der Waals surface area contributed by atoms with Gasteiger partial charge in [0.05, 0.1) is 0 Å². The fourth-order valence-corrected chi connectivity index (χ4v) is 4.97. The van der Waals surface area contributed by atoms with E-state index in [0.29, 0.717) is 0 Å². The predicted molar refractivity (Wildman–Crippen MR) is 134 cm³/mol. The van der Waals surface area contributed by atoms with Gasteiger partial charge in [-0.2, -0.15) is 0 Å². The van der Waals surface area contributed by atoms with Crippen molar-refractivity contribution in [3.63, 3.8) is 0 Å². The van der Waals surface area contributed by atoms with Crippen molar-refractivity contribution in [1.82, 2.24) is 0 Å². The lowest BCUT2D eigenvalue weighted by Gasteiger charge is -2.34. The lowest BCUT2D eigenvalue weighted by Crippen LogP contribution is -2.24. The van der Waals surface area contributed by atoms with Gasteiger partial charge in [0, 0.05) is 17.1 Å². The van der Waals surface area contributed by atoms with Crippen molar-refractivity contribution in [3.8, 4) is 0 Å². The third kappa shape index (κ3) is 4.06. The smallest absolute Gasteiger partial charge is 0.0494 e. The van der Waals surface area contributed by atoms with Gasteiger partial charge in [-0.25, -0.2) is 0 Å². The molecule has 0 amide bonds. The average Bonchev–Trinajstić information content (AvgIpc) is 2.75. The number of hydrogen-bond donors (Lipinski definition) is 0. The molecule has 1 heterocycles. The third-order valence-electron chi connectivity index (χ3n) is 7.34. The summed E-state index contributed by atoms with van der Waals surface area (Å²) in [4.78, 5) is 2.47. The number of benzene rings is 3. The van der Waals surface area contributed by atoms with Crippen LogP contribution in [0.4, 0.5) is 17.1 Å². The molecule has 0 fully saturated rings. The molecule has 0 aromatic heterocycles. The molecular formula is C30H35N. The predicted octanol–water partition coefficient (Wildman–Crippen LogP) is 8.64. The fraction of sp³-hybridized carbons (Fsp3) is 0.333. The Hall–Kier alpha value is -2.80. The summed E-state index contributed by atoms with van der Waals surface area (Å²) in [5.74, 6) is 0. The molecule has 0 unspecified atom stereocenters.